The van der Waals surface area contributed by atoms with Crippen molar-refractivity contribution in [1.82, 2.24) is 20.4 Å². The molecule has 1 spiro atoms. The molecular formula is C27H38ClN5O3. The predicted molar refractivity (Wildman–Crippen MR) is 140 cm³/mol. The molecule has 3 aliphatic heterocycles. The van der Waals surface area contributed by atoms with Crippen LogP contribution >= 0.6 is 11.6 Å². The number of benzene rings is 1. The molecule has 3 saturated heterocycles. The molecule has 36 heavy (non-hydrogen) atoms. The molecule has 1 aliphatic carbocycles. The first kappa shape index (κ1) is 25.3. The fraction of sp³-hybridized carbons (Fsp3) is 0.667. The summed E-state index contributed by atoms with van der Waals surface area (Å²) in [5.41, 5.74) is 0.110. The van der Waals surface area contributed by atoms with Gasteiger partial charge in [0.25, 0.3) is 0 Å². The Bertz CT molecular complexity index is 997. The van der Waals surface area contributed by atoms with E-state index in [2.05, 4.69) is 26.5 Å². The Kier molecular flexibility index (Phi) is 7.18. The summed E-state index contributed by atoms with van der Waals surface area (Å²) in [4.78, 5) is 44.6. The van der Waals surface area contributed by atoms with E-state index in [1.165, 1.54) is 12.6 Å². The molecule has 4 aliphatic rings. The van der Waals surface area contributed by atoms with Crippen LogP contribution in [-0.4, -0.2) is 84.9 Å². The number of nitrogens with one attached hydrogen (secondary N) is 2. The first-order valence-electron chi connectivity index (χ1n) is 13.4. The van der Waals surface area contributed by atoms with Gasteiger partial charge in [-0.05, 0) is 63.1 Å². The van der Waals surface area contributed by atoms with E-state index in [-0.39, 0.29) is 29.2 Å². The molecular weight excluding hydrogens is 478 g/mol. The van der Waals surface area contributed by atoms with Crippen molar-refractivity contribution in [2.45, 2.75) is 63.5 Å². The van der Waals surface area contributed by atoms with E-state index >= 15 is 0 Å². The number of carbonyl (C=O) groups excluding carboxylic acids is 3. The molecule has 1 aromatic rings. The Balaban J connectivity index is 1.08. The van der Waals surface area contributed by atoms with Crippen LogP contribution in [0.15, 0.2) is 24.3 Å². The standard InChI is InChI=1S/C27H38ClN5O3/c1-20(34)30-27(7-3-8-27)25(36)33-12-9-26(10-13-33)19-22(29-24(26)35)6-11-31-14-16-32(17-15-31)23-5-2-4-21(28)18-23/h2,4-5,18,22H,3,6-17,19H2,1H3,(H,29,35)(H,30,34)/t22-/m0/s1. The number of rotatable bonds is 6. The van der Waals surface area contributed by atoms with Crippen molar-refractivity contribution in [2.24, 2.45) is 5.41 Å². The molecule has 0 radical (unpaired) electrons. The van der Waals surface area contributed by atoms with Gasteiger partial charge in [-0.2, -0.15) is 0 Å². The number of anilines is 1. The largest absolute Gasteiger partial charge is 0.369 e. The molecule has 1 atom stereocenters. The fourth-order valence-corrected chi connectivity index (χ4v) is 6.68. The van der Waals surface area contributed by atoms with Crippen molar-refractivity contribution in [2.75, 3.05) is 50.7 Å². The van der Waals surface area contributed by atoms with E-state index in [1.807, 2.05) is 23.1 Å². The van der Waals surface area contributed by atoms with Gasteiger partial charge in [0.1, 0.15) is 5.54 Å². The highest BCUT2D eigenvalue weighted by Crippen LogP contribution is 2.42. The molecule has 2 N–H and O–H groups in total. The number of hydrogen-bond acceptors (Lipinski definition) is 5. The zero-order chi connectivity index (χ0) is 25.3. The molecule has 0 aromatic heterocycles. The summed E-state index contributed by atoms with van der Waals surface area (Å²) in [6.45, 7) is 7.60. The van der Waals surface area contributed by atoms with Crippen molar-refractivity contribution in [3.05, 3.63) is 29.3 Å². The molecule has 5 rings (SSSR count). The molecule has 4 fully saturated rings. The van der Waals surface area contributed by atoms with Crippen molar-refractivity contribution < 1.29 is 14.4 Å². The maximum Gasteiger partial charge on any atom is 0.248 e. The number of hydrogen-bond donors (Lipinski definition) is 2. The van der Waals surface area contributed by atoms with Crippen LogP contribution < -0.4 is 15.5 Å². The number of nitrogens with zero attached hydrogens (tertiary/aromatic N) is 3. The quantitative estimate of drug-likeness (QED) is 0.608. The number of piperazine rings is 1. The van der Waals surface area contributed by atoms with Crippen LogP contribution in [0.2, 0.25) is 5.02 Å². The van der Waals surface area contributed by atoms with Crippen molar-refractivity contribution in [3.63, 3.8) is 0 Å². The number of halogens is 1. The second kappa shape index (κ2) is 10.2. The molecule has 3 heterocycles. The van der Waals surface area contributed by atoms with E-state index in [0.717, 1.165) is 57.0 Å². The summed E-state index contributed by atoms with van der Waals surface area (Å²) in [5, 5.41) is 6.94. The summed E-state index contributed by atoms with van der Waals surface area (Å²) >= 11 is 6.15. The molecule has 3 amide bonds. The lowest BCUT2D eigenvalue weighted by atomic mass is 9.73. The number of likely N-dealkylation sites (tertiary alicyclic amines) is 1. The lowest BCUT2D eigenvalue weighted by molar-refractivity contribution is -0.149. The van der Waals surface area contributed by atoms with Gasteiger partial charge >= 0.3 is 0 Å². The van der Waals surface area contributed by atoms with Gasteiger partial charge in [-0.3, -0.25) is 19.3 Å². The molecule has 0 unspecified atom stereocenters. The fourth-order valence-electron chi connectivity index (χ4n) is 6.50. The van der Waals surface area contributed by atoms with Gasteiger partial charge in [0.2, 0.25) is 17.7 Å². The Morgan fingerprint density at radius 3 is 2.42 bits per heavy atom. The first-order valence-corrected chi connectivity index (χ1v) is 13.8. The first-order chi connectivity index (χ1) is 17.3. The van der Waals surface area contributed by atoms with Gasteiger partial charge in [0.05, 0.1) is 5.41 Å². The third-order valence-electron chi connectivity index (χ3n) is 8.83. The Labute approximate surface area is 218 Å². The molecule has 8 nitrogen and oxygen atoms in total. The minimum absolute atomic E-state index is 0.0330. The van der Waals surface area contributed by atoms with Crippen LogP contribution in [0, 0.1) is 5.41 Å². The zero-order valence-electron chi connectivity index (χ0n) is 21.2. The third kappa shape index (κ3) is 5.07. The van der Waals surface area contributed by atoms with Crippen LogP contribution in [0.3, 0.4) is 0 Å². The van der Waals surface area contributed by atoms with Gasteiger partial charge in [-0.1, -0.05) is 17.7 Å². The van der Waals surface area contributed by atoms with Gasteiger partial charge in [0, 0.05) is 69.5 Å². The van der Waals surface area contributed by atoms with Gasteiger partial charge in [-0.25, -0.2) is 0 Å². The zero-order valence-corrected chi connectivity index (χ0v) is 22.0. The lowest BCUT2D eigenvalue weighted by Crippen LogP contribution is -2.64. The number of amides is 3. The average Bonchev–Trinajstić information content (AvgIpc) is 3.15. The minimum Gasteiger partial charge on any atom is -0.369 e. The Morgan fingerprint density at radius 2 is 1.81 bits per heavy atom. The maximum absolute atomic E-state index is 13.2. The molecule has 1 aromatic carbocycles. The summed E-state index contributed by atoms with van der Waals surface area (Å²) in [5.74, 6) is 0.0386. The van der Waals surface area contributed by atoms with E-state index in [9.17, 15) is 14.4 Å². The van der Waals surface area contributed by atoms with Crippen molar-refractivity contribution in [3.8, 4) is 0 Å². The van der Waals surface area contributed by atoms with Gasteiger partial charge in [-0.15, -0.1) is 0 Å². The Hall–Kier alpha value is -2.32. The summed E-state index contributed by atoms with van der Waals surface area (Å²) in [6.07, 6.45) is 5.60. The summed E-state index contributed by atoms with van der Waals surface area (Å²) < 4.78 is 0. The molecule has 0 bridgehead atoms. The Morgan fingerprint density at radius 1 is 1.08 bits per heavy atom. The third-order valence-corrected chi connectivity index (χ3v) is 9.07. The number of piperidine rings is 1. The van der Waals surface area contributed by atoms with Crippen LogP contribution in [-0.2, 0) is 14.4 Å². The van der Waals surface area contributed by atoms with Gasteiger partial charge < -0.3 is 20.4 Å². The summed E-state index contributed by atoms with van der Waals surface area (Å²) in [7, 11) is 0. The highest BCUT2D eigenvalue weighted by molar-refractivity contribution is 6.30. The summed E-state index contributed by atoms with van der Waals surface area (Å²) in [6, 6.07) is 8.23. The molecule has 9 heteroatoms. The molecule has 196 valence electrons. The highest BCUT2D eigenvalue weighted by atomic mass is 35.5. The van der Waals surface area contributed by atoms with Crippen LogP contribution in [0.5, 0.6) is 0 Å². The van der Waals surface area contributed by atoms with E-state index in [1.54, 1.807) is 0 Å². The topological polar surface area (TPSA) is 85.0 Å². The average molecular weight is 516 g/mol. The molecule has 1 saturated carbocycles. The van der Waals surface area contributed by atoms with Crippen LogP contribution in [0.4, 0.5) is 5.69 Å². The highest BCUT2D eigenvalue weighted by Gasteiger charge is 2.52. The number of carbonyl (C=O) groups is 3. The SMILES string of the molecule is CC(=O)NC1(C(=O)N2CCC3(CC2)C[C@H](CCN2CCN(c4cccc(Cl)c4)CC2)NC3=O)CCC1. The van der Waals surface area contributed by atoms with E-state index < -0.39 is 5.54 Å². The minimum atomic E-state index is -0.715. The van der Waals surface area contributed by atoms with Crippen molar-refractivity contribution >= 4 is 35.0 Å². The smallest absolute Gasteiger partial charge is 0.248 e. The predicted octanol–water partition coefficient (Wildman–Crippen LogP) is 2.41. The second-order valence-corrected chi connectivity index (χ2v) is 11.6. The maximum atomic E-state index is 13.2. The van der Waals surface area contributed by atoms with Crippen LogP contribution in [0.1, 0.15) is 51.9 Å². The second-order valence-electron chi connectivity index (χ2n) is 11.2. The monoisotopic (exact) mass is 515 g/mol. The van der Waals surface area contributed by atoms with Gasteiger partial charge in [0.15, 0.2) is 0 Å². The lowest BCUT2D eigenvalue weighted by Gasteiger charge is -2.46. The van der Waals surface area contributed by atoms with Crippen molar-refractivity contribution in [1.29, 1.82) is 0 Å². The normalized spacial score (nSPS) is 25.4. The van der Waals surface area contributed by atoms with E-state index in [0.29, 0.717) is 38.8 Å². The van der Waals surface area contributed by atoms with E-state index in [4.69, 9.17) is 11.6 Å². The van der Waals surface area contributed by atoms with Crippen LogP contribution in [0.25, 0.3) is 0 Å².